The first kappa shape index (κ1) is 28.6. The Hall–Kier alpha value is -1.93. The van der Waals surface area contributed by atoms with Crippen LogP contribution in [0, 0.1) is 12.8 Å². The average molecular weight is 623 g/mol. The van der Waals surface area contributed by atoms with Crippen molar-refractivity contribution < 1.29 is 17.3 Å². The number of halogens is 1. The molecule has 0 amide bonds. The van der Waals surface area contributed by atoms with Crippen molar-refractivity contribution >= 4 is 34.3 Å². The molecule has 2 aromatic carbocycles. The second-order valence-corrected chi connectivity index (χ2v) is 11.2. The number of aryl methyl sites for hydroxylation is 1. The van der Waals surface area contributed by atoms with Crippen LogP contribution in [-0.2, 0) is 6.42 Å². The minimum Gasteiger partial charge on any atom is -0.496 e. The van der Waals surface area contributed by atoms with Gasteiger partial charge in [-0.1, -0.05) is 45.4 Å². The average Bonchev–Trinajstić information content (AvgIpc) is 3.17. The maximum atomic E-state index is 6.49. The van der Waals surface area contributed by atoms with E-state index in [9.17, 15) is 0 Å². The molecule has 0 atom stereocenters. The molecule has 0 N–H and O–H groups in total. The zero-order valence-electron chi connectivity index (χ0n) is 22.6. The van der Waals surface area contributed by atoms with Gasteiger partial charge in [0.25, 0.3) is 0 Å². The lowest BCUT2D eigenvalue weighted by molar-refractivity contribution is 0.242. The van der Waals surface area contributed by atoms with Gasteiger partial charge in [0.05, 0.1) is 30.3 Å². The molecule has 0 saturated heterocycles. The molecule has 3 aromatic rings. The summed E-state index contributed by atoms with van der Waals surface area (Å²) in [6.07, 6.45) is 4.23. The molecule has 0 bridgehead atoms. The van der Waals surface area contributed by atoms with Crippen LogP contribution in [-0.4, -0.2) is 19.8 Å². The molecule has 6 heteroatoms. The smallest absolute Gasteiger partial charge is 0.192 e. The van der Waals surface area contributed by atoms with E-state index >= 15 is 0 Å². The van der Waals surface area contributed by atoms with Gasteiger partial charge in [0.2, 0.25) is 0 Å². The highest BCUT2D eigenvalue weighted by Gasteiger charge is 2.27. The van der Waals surface area contributed by atoms with Crippen molar-refractivity contribution in [3.63, 3.8) is 0 Å². The second-order valence-electron chi connectivity index (χ2n) is 9.72. The Morgan fingerprint density at radius 3 is 2.25 bits per heavy atom. The third-order valence-electron chi connectivity index (χ3n) is 6.05. The molecule has 0 unspecified atom stereocenters. The van der Waals surface area contributed by atoms with E-state index in [1.165, 1.54) is 10.4 Å². The first-order valence-electron chi connectivity index (χ1n) is 12.8. The maximum Gasteiger partial charge on any atom is 0.192 e. The summed E-state index contributed by atoms with van der Waals surface area (Å²) in [5, 5.41) is 0. The van der Waals surface area contributed by atoms with Crippen LogP contribution in [0.4, 0.5) is 0 Å². The lowest BCUT2D eigenvalue weighted by Gasteiger charge is -2.17. The Labute approximate surface area is 235 Å². The predicted octanol–water partition coefficient (Wildman–Crippen LogP) is 9.68. The first-order chi connectivity index (χ1) is 17.3. The highest BCUT2D eigenvalue weighted by atomic mass is 127. The molecule has 0 saturated carbocycles. The van der Waals surface area contributed by atoms with Gasteiger partial charge in [-0.05, 0) is 69.7 Å². The maximum absolute atomic E-state index is 6.49. The van der Waals surface area contributed by atoms with E-state index in [0.29, 0.717) is 12.5 Å². The molecular weight excluding hydrogens is 583 g/mol. The third-order valence-corrected chi connectivity index (χ3v) is 7.83. The van der Waals surface area contributed by atoms with Crippen molar-refractivity contribution in [2.24, 2.45) is 5.92 Å². The highest BCUT2D eigenvalue weighted by Crippen LogP contribution is 2.54. The van der Waals surface area contributed by atoms with Crippen LogP contribution in [0.3, 0.4) is 0 Å². The van der Waals surface area contributed by atoms with Gasteiger partial charge < -0.3 is 17.3 Å². The quantitative estimate of drug-likeness (QED) is 0.141. The summed E-state index contributed by atoms with van der Waals surface area (Å²) in [5.41, 5.74) is 4.52. The zero-order chi connectivity index (χ0) is 26.2. The molecule has 36 heavy (non-hydrogen) atoms. The number of benzene rings is 2. The number of thiophene rings is 1. The van der Waals surface area contributed by atoms with Crippen molar-refractivity contribution in [2.45, 2.75) is 73.3 Å². The number of hydrogen-bond donors (Lipinski definition) is 0. The second kappa shape index (κ2) is 13.6. The zero-order valence-corrected chi connectivity index (χ0v) is 25.5. The summed E-state index contributed by atoms with van der Waals surface area (Å²) >= 11 is 3.72. The van der Waals surface area contributed by atoms with Gasteiger partial charge in [-0.3, -0.25) is 0 Å². The summed E-state index contributed by atoms with van der Waals surface area (Å²) in [6, 6.07) is 12.3. The van der Waals surface area contributed by atoms with Gasteiger partial charge in [-0.2, -0.15) is 0 Å². The molecule has 0 aliphatic heterocycles. The van der Waals surface area contributed by atoms with E-state index in [4.69, 9.17) is 17.3 Å². The van der Waals surface area contributed by atoms with Crippen molar-refractivity contribution in [3.05, 3.63) is 47.5 Å². The van der Waals surface area contributed by atoms with Gasteiger partial charge >= 0.3 is 0 Å². The molecule has 3 rings (SSSR count). The third kappa shape index (κ3) is 6.68. The molecule has 0 aliphatic rings. The van der Waals surface area contributed by atoms with Crippen molar-refractivity contribution in [1.82, 2.24) is 0 Å². The molecule has 1 heterocycles. The van der Waals surface area contributed by atoms with E-state index in [1.54, 1.807) is 18.4 Å². The van der Waals surface area contributed by atoms with Gasteiger partial charge in [-0.25, -0.2) is 0 Å². The van der Waals surface area contributed by atoms with Crippen LogP contribution in [0.1, 0.15) is 65.0 Å². The molecule has 196 valence electrons. The molecule has 0 spiro atoms. The van der Waals surface area contributed by atoms with Gasteiger partial charge in [0.15, 0.2) is 23.0 Å². The molecule has 1 aromatic heterocycles. The Kier molecular flexibility index (Phi) is 10.8. The molecule has 0 aliphatic carbocycles. The molecular formula is C30H39IO4S. The van der Waals surface area contributed by atoms with E-state index in [2.05, 4.69) is 39.8 Å². The topological polar surface area (TPSA) is 36.9 Å². The van der Waals surface area contributed by atoms with Crippen LogP contribution in [0.2, 0.25) is 0 Å². The highest BCUT2D eigenvalue weighted by molar-refractivity contribution is 14.1. The fourth-order valence-electron chi connectivity index (χ4n) is 4.20. The lowest BCUT2D eigenvalue weighted by Crippen LogP contribution is -2.07. The Morgan fingerprint density at radius 2 is 1.61 bits per heavy atom. The van der Waals surface area contributed by atoms with E-state index in [-0.39, 0.29) is 6.10 Å². The van der Waals surface area contributed by atoms with E-state index in [1.807, 2.05) is 61.1 Å². The van der Waals surface area contributed by atoms with Crippen molar-refractivity contribution in [2.75, 3.05) is 13.7 Å². The molecule has 0 fully saturated rings. The Balaban J connectivity index is 2.28. The van der Waals surface area contributed by atoms with Crippen molar-refractivity contribution in [3.8, 4) is 43.9 Å². The predicted molar refractivity (Wildman–Crippen MR) is 160 cm³/mol. The normalized spacial score (nSPS) is 11.3. The van der Waals surface area contributed by atoms with Crippen LogP contribution in [0.5, 0.6) is 23.0 Å². The Bertz CT molecular complexity index is 1140. The summed E-state index contributed by atoms with van der Waals surface area (Å²) in [6.45, 7) is 13.6. The number of unbranched alkanes of at least 4 members (excludes halogenated alkanes) is 1. The number of rotatable bonds is 13. The van der Waals surface area contributed by atoms with Gasteiger partial charge in [0, 0.05) is 16.0 Å². The summed E-state index contributed by atoms with van der Waals surface area (Å²) in [7, 11) is 1.71. The first-order valence-corrected chi connectivity index (χ1v) is 14.5. The SMILES string of the molecule is CCCCOc1c(-c2c(OC)cccc2OC(C)C)sc(-c2c(CCC(C)C)cccc2OI)c1C. The minimum absolute atomic E-state index is 0.0385. The van der Waals surface area contributed by atoms with E-state index < -0.39 is 0 Å². The van der Waals surface area contributed by atoms with Crippen LogP contribution >= 0.6 is 34.3 Å². The lowest BCUT2D eigenvalue weighted by atomic mass is 9.95. The summed E-state index contributed by atoms with van der Waals surface area (Å²) < 4.78 is 24.4. The summed E-state index contributed by atoms with van der Waals surface area (Å²) in [4.78, 5) is 2.20. The van der Waals surface area contributed by atoms with Crippen LogP contribution in [0.25, 0.3) is 20.9 Å². The number of hydrogen-bond acceptors (Lipinski definition) is 5. The van der Waals surface area contributed by atoms with Crippen molar-refractivity contribution in [1.29, 1.82) is 0 Å². The Morgan fingerprint density at radius 1 is 0.917 bits per heavy atom. The summed E-state index contributed by atoms with van der Waals surface area (Å²) in [5.74, 6) is 3.99. The molecule has 0 radical (unpaired) electrons. The largest absolute Gasteiger partial charge is 0.496 e. The monoisotopic (exact) mass is 622 g/mol. The number of methoxy groups -OCH3 is 1. The fourth-order valence-corrected chi connectivity index (χ4v) is 5.96. The standard InChI is InChI=1S/C30H39IO4S/c1-8-9-18-33-28-21(6)29(26-22(17-16-19(2)3)12-10-15-25(26)35-31)36-30(28)27-23(32-7)13-11-14-24(27)34-20(4)5/h10-15,19-20H,8-9,16-18H2,1-7H3. The van der Waals surface area contributed by atoms with Crippen LogP contribution in [0.15, 0.2) is 36.4 Å². The van der Waals surface area contributed by atoms with E-state index in [0.717, 1.165) is 70.2 Å². The number of ether oxygens (including phenoxy) is 3. The van der Waals surface area contributed by atoms with Gasteiger partial charge in [-0.15, -0.1) is 11.3 Å². The minimum atomic E-state index is 0.0385. The van der Waals surface area contributed by atoms with Gasteiger partial charge in [0.1, 0.15) is 23.0 Å². The van der Waals surface area contributed by atoms with Crippen LogP contribution < -0.4 is 17.3 Å². The fraction of sp³-hybridized carbons (Fsp3) is 0.467. The molecule has 4 nitrogen and oxygen atoms in total.